The van der Waals surface area contributed by atoms with Crippen molar-refractivity contribution in [1.29, 1.82) is 0 Å². The maximum atomic E-state index is 9.70. The maximum absolute atomic E-state index is 9.70. The summed E-state index contributed by atoms with van der Waals surface area (Å²) >= 11 is 0. The van der Waals surface area contributed by atoms with E-state index in [4.69, 9.17) is 4.42 Å². The van der Waals surface area contributed by atoms with Gasteiger partial charge in [0.25, 0.3) is 0 Å². The molecule has 12 heavy (non-hydrogen) atoms. The first kappa shape index (κ1) is 9.07. The molecule has 2 heteroatoms. The third-order valence-electron chi connectivity index (χ3n) is 2.01. The lowest BCUT2D eigenvalue weighted by Crippen LogP contribution is -2.07. The molecule has 1 heterocycles. The standard InChI is InChI=1S/C10H14O2/c1-3-8(4-2)10(11)9-6-5-7-12-9/h3,5-8,10-11H,1,4H2,2H3/t8-,10+/m0/s1. The Kier molecular flexibility index (Phi) is 3.11. The van der Waals surface area contributed by atoms with Crippen LogP contribution in [0.5, 0.6) is 0 Å². The predicted octanol–water partition coefficient (Wildman–Crippen LogP) is 2.53. The first-order valence-electron chi connectivity index (χ1n) is 4.13. The molecule has 2 atom stereocenters. The third kappa shape index (κ3) is 1.77. The van der Waals surface area contributed by atoms with Crippen molar-refractivity contribution in [2.45, 2.75) is 19.4 Å². The van der Waals surface area contributed by atoms with Crippen LogP contribution < -0.4 is 0 Å². The van der Waals surface area contributed by atoms with Crippen molar-refractivity contribution in [2.24, 2.45) is 5.92 Å². The zero-order chi connectivity index (χ0) is 8.97. The van der Waals surface area contributed by atoms with E-state index in [1.165, 1.54) is 0 Å². The molecule has 0 aromatic carbocycles. The van der Waals surface area contributed by atoms with E-state index in [-0.39, 0.29) is 5.92 Å². The molecule has 0 saturated carbocycles. The van der Waals surface area contributed by atoms with Crippen molar-refractivity contribution in [3.63, 3.8) is 0 Å². The van der Waals surface area contributed by atoms with Crippen molar-refractivity contribution in [3.05, 3.63) is 36.8 Å². The van der Waals surface area contributed by atoms with Crippen LogP contribution in [-0.4, -0.2) is 5.11 Å². The molecule has 0 aliphatic heterocycles. The Hall–Kier alpha value is -1.02. The van der Waals surface area contributed by atoms with Crippen molar-refractivity contribution >= 4 is 0 Å². The zero-order valence-electron chi connectivity index (χ0n) is 7.23. The topological polar surface area (TPSA) is 33.4 Å². The monoisotopic (exact) mass is 166 g/mol. The average Bonchev–Trinajstić information content (AvgIpc) is 2.58. The van der Waals surface area contributed by atoms with Crippen LogP contribution in [0, 0.1) is 5.92 Å². The summed E-state index contributed by atoms with van der Waals surface area (Å²) in [5.74, 6) is 0.693. The summed E-state index contributed by atoms with van der Waals surface area (Å²) < 4.78 is 5.08. The molecule has 0 spiro atoms. The second kappa shape index (κ2) is 4.12. The van der Waals surface area contributed by atoms with E-state index in [0.717, 1.165) is 6.42 Å². The van der Waals surface area contributed by atoms with Gasteiger partial charge in [-0.25, -0.2) is 0 Å². The SMILES string of the molecule is C=C[C@@H](CC)[C@@H](O)c1ccco1. The lowest BCUT2D eigenvalue weighted by molar-refractivity contribution is 0.105. The molecule has 1 rings (SSSR count). The van der Waals surface area contributed by atoms with Crippen LogP contribution in [0.15, 0.2) is 35.5 Å². The van der Waals surface area contributed by atoms with Gasteiger partial charge in [0.15, 0.2) is 0 Å². The van der Waals surface area contributed by atoms with Crippen LogP contribution in [-0.2, 0) is 0 Å². The highest BCUT2D eigenvalue weighted by Crippen LogP contribution is 2.25. The summed E-state index contributed by atoms with van der Waals surface area (Å²) in [5, 5.41) is 9.70. The van der Waals surface area contributed by atoms with Gasteiger partial charge in [0, 0.05) is 5.92 Å². The minimum absolute atomic E-state index is 0.0798. The fourth-order valence-electron chi connectivity index (χ4n) is 1.19. The van der Waals surface area contributed by atoms with E-state index < -0.39 is 6.10 Å². The van der Waals surface area contributed by atoms with Gasteiger partial charge in [-0.2, -0.15) is 0 Å². The highest BCUT2D eigenvalue weighted by molar-refractivity contribution is 5.05. The van der Waals surface area contributed by atoms with Crippen LogP contribution >= 0.6 is 0 Å². The Morgan fingerprint density at radius 1 is 1.75 bits per heavy atom. The summed E-state index contributed by atoms with van der Waals surface area (Å²) in [6.45, 7) is 5.67. The predicted molar refractivity (Wildman–Crippen MR) is 47.6 cm³/mol. The van der Waals surface area contributed by atoms with Crippen LogP contribution in [0.2, 0.25) is 0 Å². The maximum Gasteiger partial charge on any atom is 0.132 e. The highest BCUT2D eigenvalue weighted by Gasteiger charge is 2.17. The van der Waals surface area contributed by atoms with Gasteiger partial charge < -0.3 is 9.52 Å². The summed E-state index contributed by atoms with van der Waals surface area (Å²) in [5.41, 5.74) is 0. The summed E-state index contributed by atoms with van der Waals surface area (Å²) in [4.78, 5) is 0. The largest absolute Gasteiger partial charge is 0.467 e. The molecule has 0 saturated heterocycles. The minimum atomic E-state index is -0.553. The van der Waals surface area contributed by atoms with E-state index in [1.54, 1.807) is 24.5 Å². The molecule has 66 valence electrons. The third-order valence-corrected chi connectivity index (χ3v) is 2.01. The molecular formula is C10H14O2. The number of aliphatic hydroxyl groups is 1. The van der Waals surface area contributed by atoms with E-state index in [2.05, 4.69) is 6.58 Å². The first-order valence-corrected chi connectivity index (χ1v) is 4.13. The molecule has 0 unspecified atom stereocenters. The molecule has 0 fully saturated rings. The van der Waals surface area contributed by atoms with E-state index in [1.807, 2.05) is 6.92 Å². The Morgan fingerprint density at radius 2 is 2.50 bits per heavy atom. The van der Waals surface area contributed by atoms with Crippen molar-refractivity contribution in [3.8, 4) is 0 Å². The zero-order valence-corrected chi connectivity index (χ0v) is 7.23. The Morgan fingerprint density at radius 3 is 2.92 bits per heavy atom. The van der Waals surface area contributed by atoms with Crippen molar-refractivity contribution in [1.82, 2.24) is 0 Å². The van der Waals surface area contributed by atoms with Gasteiger partial charge in [0.2, 0.25) is 0 Å². The fraction of sp³-hybridized carbons (Fsp3) is 0.400. The van der Waals surface area contributed by atoms with E-state index in [9.17, 15) is 5.11 Å². The molecule has 1 aromatic rings. The lowest BCUT2D eigenvalue weighted by atomic mass is 9.98. The summed E-state index contributed by atoms with van der Waals surface area (Å²) in [7, 11) is 0. The highest BCUT2D eigenvalue weighted by atomic mass is 16.4. The molecular weight excluding hydrogens is 152 g/mol. The van der Waals surface area contributed by atoms with E-state index in [0.29, 0.717) is 5.76 Å². The molecule has 0 bridgehead atoms. The average molecular weight is 166 g/mol. The van der Waals surface area contributed by atoms with Gasteiger partial charge in [-0.15, -0.1) is 6.58 Å². The van der Waals surface area contributed by atoms with Crippen LogP contribution in [0.1, 0.15) is 25.2 Å². The summed E-state index contributed by atoms with van der Waals surface area (Å²) in [6, 6.07) is 3.55. The molecule has 0 radical (unpaired) electrons. The van der Waals surface area contributed by atoms with Gasteiger partial charge in [-0.1, -0.05) is 13.0 Å². The normalized spacial score (nSPS) is 15.5. The Balaban J connectivity index is 2.69. The fourth-order valence-corrected chi connectivity index (χ4v) is 1.19. The molecule has 0 aliphatic rings. The first-order chi connectivity index (χ1) is 5.79. The van der Waals surface area contributed by atoms with Gasteiger partial charge in [-0.3, -0.25) is 0 Å². The number of hydrogen-bond donors (Lipinski definition) is 1. The Labute approximate surface area is 72.5 Å². The number of rotatable bonds is 4. The Bertz CT molecular complexity index is 226. The van der Waals surface area contributed by atoms with Gasteiger partial charge in [0.05, 0.1) is 6.26 Å². The van der Waals surface area contributed by atoms with Crippen molar-refractivity contribution in [2.75, 3.05) is 0 Å². The number of furan rings is 1. The van der Waals surface area contributed by atoms with Crippen LogP contribution in [0.4, 0.5) is 0 Å². The van der Waals surface area contributed by atoms with Gasteiger partial charge in [0.1, 0.15) is 11.9 Å². The number of aliphatic hydroxyl groups excluding tert-OH is 1. The quantitative estimate of drug-likeness (QED) is 0.697. The van der Waals surface area contributed by atoms with Gasteiger partial charge >= 0.3 is 0 Å². The molecule has 1 N–H and O–H groups in total. The van der Waals surface area contributed by atoms with Crippen LogP contribution in [0.25, 0.3) is 0 Å². The summed E-state index contributed by atoms with van der Waals surface area (Å²) in [6.07, 6.45) is 3.63. The molecule has 1 aromatic heterocycles. The minimum Gasteiger partial charge on any atom is -0.467 e. The van der Waals surface area contributed by atoms with Crippen molar-refractivity contribution < 1.29 is 9.52 Å². The van der Waals surface area contributed by atoms with Gasteiger partial charge in [-0.05, 0) is 18.6 Å². The molecule has 0 aliphatic carbocycles. The second-order valence-corrected chi connectivity index (χ2v) is 2.77. The second-order valence-electron chi connectivity index (χ2n) is 2.77. The smallest absolute Gasteiger partial charge is 0.132 e. The van der Waals surface area contributed by atoms with E-state index >= 15 is 0 Å². The van der Waals surface area contributed by atoms with Crippen LogP contribution in [0.3, 0.4) is 0 Å². The molecule has 2 nitrogen and oxygen atoms in total. The molecule has 0 amide bonds. The lowest BCUT2D eigenvalue weighted by Gasteiger charge is -2.14. The number of hydrogen-bond acceptors (Lipinski definition) is 2.